The van der Waals surface area contributed by atoms with Crippen LogP contribution in [0.4, 0.5) is 11.4 Å². The lowest BCUT2D eigenvalue weighted by Crippen LogP contribution is -2.13. The standard InChI is InChI=1S/C16H18N2O2/c1-10-6-3-4-7-12(10)11(2)18-15-13(16(19)20)8-5-9-14(15)17/h3-9,11,18H,17H2,1-2H3,(H,19,20). The maximum Gasteiger partial charge on any atom is 0.337 e. The van der Waals surface area contributed by atoms with Crippen LogP contribution in [0.15, 0.2) is 42.5 Å². The number of anilines is 2. The fraction of sp³-hybridized carbons (Fsp3) is 0.188. The van der Waals surface area contributed by atoms with E-state index in [2.05, 4.69) is 5.32 Å². The summed E-state index contributed by atoms with van der Waals surface area (Å²) in [6.07, 6.45) is 0. The van der Waals surface area contributed by atoms with E-state index in [4.69, 9.17) is 5.73 Å². The molecule has 1 unspecified atom stereocenters. The Morgan fingerprint density at radius 3 is 2.55 bits per heavy atom. The van der Waals surface area contributed by atoms with Crippen LogP contribution in [0.25, 0.3) is 0 Å². The molecule has 2 aromatic rings. The molecule has 0 bridgehead atoms. The average molecular weight is 270 g/mol. The fourth-order valence-electron chi connectivity index (χ4n) is 2.28. The Morgan fingerprint density at radius 2 is 1.90 bits per heavy atom. The quantitative estimate of drug-likeness (QED) is 0.744. The number of nitrogens with one attached hydrogen (secondary N) is 1. The number of carboxylic acid groups (broad SMARTS) is 1. The number of hydrogen-bond acceptors (Lipinski definition) is 3. The number of nitrogens with two attached hydrogens (primary N) is 1. The van der Waals surface area contributed by atoms with Crippen molar-refractivity contribution in [2.45, 2.75) is 19.9 Å². The molecule has 2 rings (SSSR count). The number of aromatic carboxylic acids is 1. The van der Waals surface area contributed by atoms with Crippen molar-refractivity contribution in [3.63, 3.8) is 0 Å². The van der Waals surface area contributed by atoms with E-state index in [1.54, 1.807) is 18.2 Å². The van der Waals surface area contributed by atoms with Gasteiger partial charge in [0.15, 0.2) is 0 Å². The molecule has 4 nitrogen and oxygen atoms in total. The Balaban J connectivity index is 2.35. The zero-order valence-electron chi connectivity index (χ0n) is 11.6. The number of carboxylic acids is 1. The highest BCUT2D eigenvalue weighted by Crippen LogP contribution is 2.29. The van der Waals surface area contributed by atoms with Crippen molar-refractivity contribution in [1.82, 2.24) is 0 Å². The molecule has 0 fully saturated rings. The normalized spacial score (nSPS) is 11.9. The maximum absolute atomic E-state index is 11.3. The molecule has 20 heavy (non-hydrogen) atoms. The van der Waals surface area contributed by atoms with Gasteiger partial charge >= 0.3 is 5.97 Å². The number of benzene rings is 2. The molecular formula is C16H18N2O2. The predicted molar refractivity (Wildman–Crippen MR) is 81.0 cm³/mol. The summed E-state index contributed by atoms with van der Waals surface area (Å²) in [7, 11) is 0. The lowest BCUT2D eigenvalue weighted by Gasteiger charge is -2.20. The molecule has 0 heterocycles. The van der Waals surface area contributed by atoms with E-state index >= 15 is 0 Å². The highest BCUT2D eigenvalue weighted by molar-refractivity contribution is 5.97. The molecule has 0 aromatic heterocycles. The number of nitrogen functional groups attached to an aromatic ring is 1. The Morgan fingerprint density at radius 1 is 1.20 bits per heavy atom. The monoisotopic (exact) mass is 270 g/mol. The second kappa shape index (κ2) is 5.65. The SMILES string of the molecule is Cc1ccccc1C(C)Nc1c(N)cccc1C(=O)O. The zero-order valence-corrected chi connectivity index (χ0v) is 11.6. The summed E-state index contributed by atoms with van der Waals surface area (Å²) in [5, 5.41) is 12.4. The molecule has 0 aliphatic carbocycles. The number of para-hydroxylation sites is 1. The molecular weight excluding hydrogens is 252 g/mol. The van der Waals surface area contributed by atoms with Crippen LogP contribution in [0.1, 0.15) is 34.5 Å². The summed E-state index contributed by atoms with van der Waals surface area (Å²) >= 11 is 0. The zero-order chi connectivity index (χ0) is 14.7. The Bertz CT molecular complexity index is 638. The molecule has 0 radical (unpaired) electrons. The van der Waals surface area contributed by atoms with Crippen molar-refractivity contribution in [3.05, 3.63) is 59.2 Å². The molecule has 0 saturated carbocycles. The molecule has 1 atom stereocenters. The topological polar surface area (TPSA) is 75.3 Å². The first-order valence-corrected chi connectivity index (χ1v) is 6.44. The van der Waals surface area contributed by atoms with E-state index in [9.17, 15) is 9.90 Å². The molecule has 2 aromatic carbocycles. The summed E-state index contributed by atoms with van der Waals surface area (Å²) in [5.41, 5.74) is 9.26. The van der Waals surface area contributed by atoms with Gasteiger partial charge in [-0.05, 0) is 37.1 Å². The van der Waals surface area contributed by atoms with Crippen molar-refractivity contribution in [3.8, 4) is 0 Å². The van der Waals surface area contributed by atoms with Gasteiger partial charge in [-0.1, -0.05) is 30.3 Å². The lowest BCUT2D eigenvalue weighted by molar-refractivity contribution is 0.0698. The summed E-state index contributed by atoms with van der Waals surface area (Å²) < 4.78 is 0. The Kier molecular flexibility index (Phi) is 3.94. The third-order valence-electron chi connectivity index (χ3n) is 3.34. The number of hydrogen-bond donors (Lipinski definition) is 3. The van der Waals surface area contributed by atoms with Gasteiger partial charge in [-0.25, -0.2) is 4.79 Å². The van der Waals surface area contributed by atoms with Gasteiger partial charge in [0.05, 0.1) is 16.9 Å². The van der Waals surface area contributed by atoms with Crippen molar-refractivity contribution >= 4 is 17.3 Å². The molecule has 4 heteroatoms. The van der Waals surface area contributed by atoms with Crippen molar-refractivity contribution in [2.24, 2.45) is 0 Å². The van der Waals surface area contributed by atoms with Crippen LogP contribution in [-0.2, 0) is 0 Å². The minimum Gasteiger partial charge on any atom is -0.478 e. The molecule has 0 aliphatic rings. The van der Waals surface area contributed by atoms with Gasteiger partial charge in [0.2, 0.25) is 0 Å². The molecule has 0 saturated heterocycles. The predicted octanol–water partition coefficient (Wildman–Crippen LogP) is 3.45. The molecule has 104 valence electrons. The van der Waals surface area contributed by atoms with Gasteiger partial charge in [0.25, 0.3) is 0 Å². The highest BCUT2D eigenvalue weighted by Gasteiger charge is 2.16. The molecule has 0 spiro atoms. The number of carbonyl (C=O) groups is 1. The van der Waals surface area contributed by atoms with Crippen LogP contribution < -0.4 is 11.1 Å². The van der Waals surface area contributed by atoms with Crippen molar-refractivity contribution in [2.75, 3.05) is 11.1 Å². The molecule has 0 aliphatic heterocycles. The van der Waals surface area contributed by atoms with Gasteiger partial charge in [0, 0.05) is 6.04 Å². The van der Waals surface area contributed by atoms with Crippen LogP contribution in [0, 0.1) is 6.92 Å². The second-order valence-electron chi connectivity index (χ2n) is 4.80. The maximum atomic E-state index is 11.3. The van der Waals surface area contributed by atoms with E-state index in [-0.39, 0.29) is 11.6 Å². The summed E-state index contributed by atoms with van der Waals surface area (Å²) in [5.74, 6) is -0.989. The molecule has 4 N–H and O–H groups in total. The van der Waals surface area contributed by atoms with Gasteiger partial charge in [-0.3, -0.25) is 0 Å². The van der Waals surface area contributed by atoms with E-state index in [0.717, 1.165) is 11.1 Å². The minimum atomic E-state index is -0.989. The average Bonchev–Trinajstić information content (AvgIpc) is 2.41. The second-order valence-corrected chi connectivity index (χ2v) is 4.80. The van der Waals surface area contributed by atoms with E-state index in [1.165, 1.54) is 0 Å². The van der Waals surface area contributed by atoms with E-state index in [0.29, 0.717) is 11.4 Å². The largest absolute Gasteiger partial charge is 0.478 e. The first-order valence-electron chi connectivity index (χ1n) is 6.44. The minimum absolute atomic E-state index is 0.0287. The van der Waals surface area contributed by atoms with Crippen molar-refractivity contribution < 1.29 is 9.90 Å². The summed E-state index contributed by atoms with van der Waals surface area (Å²) in [6, 6.07) is 12.8. The van der Waals surface area contributed by atoms with Gasteiger partial charge < -0.3 is 16.2 Å². The summed E-state index contributed by atoms with van der Waals surface area (Å²) in [6.45, 7) is 4.01. The highest BCUT2D eigenvalue weighted by atomic mass is 16.4. The van der Waals surface area contributed by atoms with E-state index < -0.39 is 5.97 Å². The van der Waals surface area contributed by atoms with Crippen molar-refractivity contribution in [1.29, 1.82) is 0 Å². The third kappa shape index (κ3) is 2.74. The van der Waals surface area contributed by atoms with Gasteiger partial charge in [-0.2, -0.15) is 0 Å². The third-order valence-corrected chi connectivity index (χ3v) is 3.34. The summed E-state index contributed by atoms with van der Waals surface area (Å²) in [4.78, 5) is 11.3. The Labute approximate surface area is 118 Å². The van der Waals surface area contributed by atoms with Crippen LogP contribution >= 0.6 is 0 Å². The fourth-order valence-corrected chi connectivity index (χ4v) is 2.28. The van der Waals surface area contributed by atoms with Crippen LogP contribution in [0.2, 0.25) is 0 Å². The lowest BCUT2D eigenvalue weighted by atomic mass is 10.0. The van der Waals surface area contributed by atoms with E-state index in [1.807, 2.05) is 38.1 Å². The number of aryl methyl sites for hydroxylation is 1. The van der Waals surface area contributed by atoms with Gasteiger partial charge in [0.1, 0.15) is 0 Å². The van der Waals surface area contributed by atoms with Crippen LogP contribution in [-0.4, -0.2) is 11.1 Å². The van der Waals surface area contributed by atoms with Crippen LogP contribution in [0.5, 0.6) is 0 Å². The first-order chi connectivity index (χ1) is 9.50. The Hall–Kier alpha value is -2.49. The number of rotatable bonds is 4. The van der Waals surface area contributed by atoms with Crippen LogP contribution in [0.3, 0.4) is 0 Å². The molecule has 0 amide bonds. The first kappa shape index (κ1) is 13.9. The van der Waals surface area contributed by atoms with Gasteiger partial charge in [-0.15, -0.1) is 0 Å². The smallest absolute Gasteiger partial charge is 0.337 e.